The van der Waals surface area contributed by atoms with Gasteiger partial charge in [-0.05, 0) is 31.3 Å². The molecule has 2 heterocycles. The standard InChI is InChI=1S/C9H16N2OS/c1-7-8(12)10-6-9(11-7)2-4-13-5-3-9/h7,11H,2-6H2,1H3,(H,10,12)/t7-/m0/s1. The van der Waals surface area contributed by atoms with Crippen LogP contribution >= 0.6 is 11.8 Å². The van der Waals surface area contributed by atoms with E-state index in [1.165, 1.54) is 24.3 Å². The fourth-order valence-corrected chi connectivity index (χ4v) is 3.34. The highest BCUT2D eigenvalue weighted by Gasteiger charge is 2.38. The summed E-state index contributed by atoms with van der Waals surface area (Å²) in [5.74, 6) is 2.58. The predicted molar refractivity (Wildman–Crippen MR) is 54.9 cm³/mol. The third-order valence-electron chi connectivity index (χ3n) is 2.97. The average Bonchev–Trinajstić information content (AvgIpc) is 2.14. The van der Waals surface area contributed by atoms with Crippen LogP contribution in [0.1, 0.15) is 19.8 Å². The molecule has 74 valence electrons. The van der Waals surface area contributed by atoms with Gasteiger partial charge < -0.3 is 5.32 Å². The summed E-state index contributed by atoms with van der Waals surface area (Å²) >= 11 is 2.01. The predicted octanol–water partition coefficient (Wildman–Crippen LogP) is 0.360. The fourth-order valence-electron chi connectivity index (χ4n) is 2.07. The maximum absolute atomic E-state index is 11.2. The first-order valence-corrected chi connectivity index (χ1v) is 6.01. The Morgan fingerprint density at radius 3 is 2.77 bits per heavy atom. The Bertz CT molecular complexity index is 214. The zero-order valence-electron chi connectivity index (χ0n) is 7.93. The summed E-state index contributed by atoms with van der Waals surface area (Å²) in [7, 11) is 0. The van der Waals surface area contributed by atoms with Crippen LogP contribution in [0.15, 0.2) is 0 Å². The Morgan fingerprint density at radius 2 is 2.15 bits per heavy atom. The average molecular weight is 200 g/mol. The first-order chi connectivity index (χ1) is 6.22. The van der Waals surface area contributed by atoms with Crippen molar-refractivity contribution in [3.05, 3.63) is 0 Å². The number of hydrogen-bond acceptors (Lipinski definition) is 3. The van der Waals surface area contributed by atoms with Crippen LogP contribution in [-0.2, 0) is 4.79 Å². The molecule has 2 fully saturated rings. The van der Waals surface area contributed by atoms with E-state index in [0.717, 1.165) is 6.54 Å². The second-order valence-corrected chi connectivity index (χ2v) is 5.20. The molecule has 0 radical (unpaired) electrons. The lowest BCUT2D eigenvalue weighted by Crippen LogP contribution is -2.66. The van der Waals surface area contributed by atoms with Crippen molar-refractivity contribution in [2.24, 2.45) is 0 Å². The molecule has 3 nitrogen and oxygen atoms in total. The van der Waals surface area contributed by atoms with Gasteiger partial charge in [-0.25, -0.2) is 0 Å². The molecule has 0 bridgehead atoms. The van der Waals surface area contributed by atoms with Gasteiger partial charge in [0.2, 0.25) is 5.91 Å². The summed E-state index contributed by atoms with van der Waals surface area (Å²) in [5.41, 5.74) is 0.207. The van der Waals surface area contributed by atoms with Gasteiger partial charge >= 0.3 is 0 Å². The van der Waals surface area contributed by atoms with E-state index < -0.39 is 0 Å². The zero-order chi connectivity index (χ0) is 9.31. The smallest absolute Gasteiger partial charge is 0.236 e. The van der Waals surface area contributed by atoms with E-state index in [1.54, 1.807) is 0 Å². The van der Waals surface area contributed by atoms with Crippen molar-refractivity contribution >= 4 is 17.7 Å². The molecule has 0 aromatic carbocycles. The Labute approximate surface area is 83.0 Å². The number of amides is 1. The van der Waals surface area contributed by atoms with Crippen LogP contribution in [0, 0.1) is 0 Å². The highest BCUT2D eigenvalue weighted by atomic mass is 32.2. The van der Waals surface area contributed by atoms with Crippen molar-refractivity contribution in [3.63, 3.8) is 0 Å². The van der Waals surface area contributed by atoms with Gasteiger partial charge in [-0.1, -0.05) is 0 Å². The lowest BCUT2D eigenvalue weighted by atomic mass is 9.89. The van der Waals surface area contributed by atoms with Crippen molar-refractivity contribution in [2.75, 3.05) is 18.1 Å². The number of carbonyl (C=O) groups is 1. The van der Waals surface area contributed by atoms with Crippen molar-refractivity contribution in [3.8, 4) is 0 Å². The lowest BCUT2D eigenvalue weighted by molar-refractivity contribution is -0.125. The van der Waals surface area contributed by atoms with Crippen LogP contribution in [-0.4, -0.2) is 35.5 Å². The van der Waals surface area contributed by atoms with Gasteiger partial charge in [0.15, 0.2) is 0 Å². The number of carbonyl (C=O) groups excluding carboxylic acids is 1. The van der Waals surface area contributed by atoms with Crippen LogP contribution in [0.5, 0.6) is 0 Å². The molecule has 2 saturated heterocycles. The maximum Gasteiger partial charge on any atom is 0.236 e. The molecule has 2 aliphatic rings. The summed E-state index contributed by atoms with van der Waals surface area (Å²) in [6, 6.07) is -0.0168. The van der Waals surface area contributed by atoms with Crippen LogP contribution in [0.3, 0.4) is 0 Å². The molecule has 0 saturated carbocycles. The summed E-state index contributed by atoms with van der Waals surface area (Å²) in [6.45, 7) is 2.76. The van der Waals surface area contributed by atoms with Gasteiger partial charge in [0.1, 0.15) is 0 Å². The molecule has 4 heteroatoms. The van der Waals surface area contributed by atoms with Gasteiger partial charge in [0, 0.05) is 12.1 Å². The van der Waals surface area contributed by atoms with E-state index in [-0.39, 0.29) is 17.5 Å². The lowest BCUT2D eigenvalue weighted by Gasteiger charge is -2.43. The first-order valence-electron chi connectivity index (χ1n) is 4.85. The number of rotatable bonds is 0. The Morgan fingerprint density at radius 1 is 1.46 bits per heavy atom. The maximum atomic E-state index is 11.2. The Balaban J connectivity index is 2.02. The number of piperazine rings is 1. The molecule has 1 atom stereocenters. The minimum atomic E-state index is -0.0168. The molecule has 0 unspecified atom stereocenters. The quantitative estimate of drug-likeness (QED) is 0.593. The molecule has 0 aliphatic carbocycles. The van der Waals surface area contributed by atoms with Gasteiger partial charge in [-0.3, -0.25) is 10.1 Å². The van der Waals surface area contributed by atoms with Gasteiger partial charge in [-0.15, -0.1) is 0 Å². The number of thioether (sulfide) groups is 1. The van der Waals surface area contributed by atoms with Gasteiger partial charge in [-0.2, -0.15) is 11.8 Å². The highest BCUT2D eigenvalue weighted by molar-refractivity contribution is 7.99. The fraction of sp³-hybridized carbons (Fsp3) is 0.889. The summed E-state index contributed by atoms with van der Waals surface area (Å²) in [5, 5.41) is 6.44. The first kappa shape index (κ1) is 9.34. The van der Waals surface area contributed by atoms with Gasteiger partial charge in [0.05, 0.1) is 6.04 Å². The van der Waals surface area contributed by atoms with E-state index in [9.17, 15) is 4.79 Å². The summed E-state index contributed by atoms with van der Waals surface area (Å²) in [4.78, 5) is 11.2. The number of nitrogens with one attached hydrogen (secondary N) is 2. The van der Waals surface area contributed by atoms with Crippen LogP contribution in [0.25, 0.3) is 0 Å². The van der Waals surface area contributed by atoms with Crippen molar-refractivity contribution in [1.82, 2.24) is 10.6 Å². The van der Waals surface area contributed by atoms with E-state index in [2.05, 4.69) is 10.6 Å². The third kappa shape index (κ3) is 1.83. The molecular formula is C9H16N2OS. The van der Waals surface area contributed by atoms with Crippen molar-refractivity contribution in [1.29, 1.82) is 0 Å². The van der Waals surface area contributed by atoms with Crippen LogP contribution in [0.2, 0.25) is 0 Å². The van der Waals surface area contributed by atoms with Crippen LogP contribution in [0.4, 0.5) is 0 Å². The Kier molecular flexibility index (Phi) is 2.51. The summed E-state index contributed by atoms with van der Waals surface area (Å²) in [6.07, 6.45) is 2.37. The molecule has 13 heavy (non-hydrogen) atoms. The summed E-state index contributed by atoms with van der Waals surface area (Å²) < 4.78 is 0. The van der Waals surface area contributed by atoms with Crippen molar-refractivity contribution < 1.29 is 4.79 Å². The normalized spacial score (nSPS) is 33.0. The Hall–Kier alpha value is -0.220. The van der Waals surface area contributed by atoms with E-state index in [1.807, 2.05) is 18.7 Å². The SMILES string of the molecule is C[C@@H]1NC2(CCSCC2)CNC1=O. The van der Waals surface area contributed by atoms with Crippen LogP contribution < -0.4 is 10.6 Å². The second kappa shape index (κ2) is 3.50. The van der Waals surface area contributed by atoms with E-state index in [4.69, 9.17) is 0 Å². The molecule has 1 amide bonds. The van der Waals surface area contributed by atoms with Gasteiger partial charge in [0.25, 0.3) is 0 Å². The second-order valence-electron chi connectivity index (χ2n) is 3.98. The molecule has 2 N–H and O–H groups in total. The molecule has 0 aromatic rings. The van der Waals surface area contributed by atoms with Crippen molar-refractivity contribution in [2.45, 2.75) is 31.3 Å². The molecule has 0 aromatic heterocycles. The minimum absolute atomic E-state index is 0.0168. The largest absolute Gasteiger partial charge is 0.353 e. The van der Waals surface area contributed by atoms with E-state index in [0.29, 0.717) is 0 Å². The zero-order valence-corrected chi connectivity index (χ0v) is 8.75. The monoisotopic (exact) mass is 200 g/mol. The highest BCUT2D eigenvalue weighted by Crippen LogP contribution is 2.28. The minimum Gasteiger partial charge on any atom is -0.353 e. The third-order valence-corrected chi connectivity index (χ3v) is 3.95. The molecule has 2 rings (SSSR count). The molecule has 2 aliphatic heterocycles. The molecular weight excluding hydrogens is 184 g/mol. The number of hydrogen-bond donors (Lipinski definition) is 2. The topological polar surface area (TPSA) is 41.1 Å². The van der Waals surface area contributed by atoms with E-state index >= 15 is 0 Å². The molecule has 1 spiro atoms.